The zero-order chi connectivity index (χ0) is 22.8. The third-order valence-electron chi connectivity index (χ3n) is 5.90. The number of amidine groups is 1. The Morgan fingerprint density at radius 2 is 2.12 bits per heavy atom. The Labute approximate surface area is 185 Å². The number of hydrogen-bond acceptors (Lipinski definition) is 6. The molecule has 10 heteroatoms. The number of nitrogens with zero attached hydrogens (tertiary/aromatic N) is 5. The number of amides is 2. The van der Waals surface area contributed by atoms with Gasteiger partial charge >= 0.3 is 6.03 Å². The molecule has 0 aliphatic carbocycles. The number of benzene rings is 1. The number of aliphatic hydroxyl groups excluding tert-OH is 1. The average Bonchev–Trinajstić information content (AvgIpc) is 3.44. The summed E-state index contributed by atoms with van der Waals surface area (Å²) in [5.41, 5.74) is 0.754. The standard InChI is InChI=1S/C22H26F2N6O2/c1-14(26-22(32)28-10-7-16(31)13-28)21-27-20(8-11-30(21)25-2)29-9-3-4-19(29)17-12-15(23)5-6-18(17)24/h5-6,8,11-12,16,19,31H,2-4,7,9-10,13H2,1H3,(H,26,32)/b21-14+/t16-,19+/m0/s1. The van der Waals surface area contributed by atoms with Gasteiger partial charge in [-0.1, -0.05) is 0 Å². The highest BCUT2D eigenvalue weighted by Gasteiger charge is 2.32. The number of β-amino-alcohol motifs (C(OH)–C–C–N with tert-alkyl or cyclic N) is 1. The summed E-state index contributed by atoms with van der Waals surface area (Å²) >= 11 is 0. The van der Waals surface area contributed by atoms with Crippen LogP contribution in [0.2, 0.25) is 0 Å². The third kappa shape index (κ3) is 4.36. The molecule has 0 saturated carbocycles. The van der Waals surface area contributed by atoms with Gasteiger partial charge in [-0.05, 0) is 50.5 Å². The van der Waals surface area contributed by atoms with Gasteiger partial charge in [0.25, 0.3) is 0 Å². The molecule has 0 radical (unpaired) electrons. The van der Waals surface area contributed by atoms with E-state index in [0.29, 0.717) is 48.8 Å². The maximum Gasteiger partial charge on any atom is 0.321 e. The average molecular weight is 444 g/mol. The van der Waals surface area contributed by atoms with Gasteiger partial charge in [0.15, 0.2) is 5.82 Å². The lowest BCUT2D eigenvalue weighted by molar-refractivity contribution is 0.173. The number of rotatable bonds is 3. The predicted octanol–water partition coefficient (Wildman–Crippen LogP) is 2.91. The van der Waals surface area contributed by atoms with Crippen molar-refractivity contribution < 1.29 is 18.7 Å². The molecule has 2 N–H and O–H groups in total. The predicted molar refractivity (Wildman–Crippen MR) is 116 cm³/mol. The molecule has 0 unspecified atom stereocenters. The third-order valence-corrected chi connectivity index (χ3v) is 5.90. The number of likely N-dealkylation sites (tertiary alicyclic amines) is 2. The highest BCUT2D eigenvalue weighted by Crippen LogP contribution is 2.35. The molecule has 2 atom stereocenters. The fraction of sp³-hybridized carbons (Fsp3) is 0.409. The molecule has 1 aromatic carbocycles. The van der Waals surface area contributed by atoms with Gasteiger partial charge in [-0.25, -0.2) is 23.6 Å². The van der Waals surface area contributed by atoms with Crippen LogP contribution in [0.25, 0.3) is 0 Å². The lowest BCUT2D eigenvalue weighted by Crippen LogP contribution is -2.39. The van der Waals surface area contributed by atoms with E-state index in [-0.39, 0.29) is 18.6 Å². The van der Waals surface area contributed by atoms with E-state index in [2.05, 4.69) is 22.1 Å². The number of aliphatic hydroxyl groups is 1. The van der Waals surface area contributed by atoms with Crippen LogP contribution in [0, 0.1) is 11.6 Å². The molecule has 3 aliphatic heterocycles. The largest absolute Gasteiger partial charge is 0.391 e. The molecule has 4 rings (SSSR count). The second-order valence-electron chi connectivity index (χ2n) is 8.06. The molecular formula is C22H26F2N6O2. The Morgan fingerprint density at radius 3 is 2.84 bits per heavy atom. The monoisotopic (exact) mass is 444 g/mol. The lowest BCUT2D eigenvalue weighted by Gasteiger charge is -2.30. The fourth-order valence-corrected chi connectivity index (χ4v) is 4.29. The topological polar surface area (TPSA) is 83.8 Å². The Morgan fingerprint density at radius 1 is 1.31 bits per heavy atom. The van der Waals surface area contributed by atoms with Crippen molar-refractivity contribution in [3.8, 4) is 0 Å². The fourth-order valence-electron chi connectivity index (χ4n) is 4.29. The number of hydrogen-bond donors (Lipinski definition) is 2. The number of aliphatic imine (C=N–C) groups is 1. The van der Waals surface area contributed by atoms with Crippen LogP contribution >= 0.6 is 0 Å². The maximum absolute atomic E-state index is 14.4. The first-order valence-corrected chi connectivity index (χ1v) is 10.6. The van der Waals surface area contributed by atoms with Crippen LogP contribution in [-0.4, -0.2) is 64.2 Å². The molecule has 170 valence electrons. The summed E-state index contributed by atoms with van der Waals surface area (Å²) < 4.78 is 28.2. The normalized spacial score (nSPS) is 24.6. The van der Waals surface area contributed by atoms with Crippen LogP contribution in [0.15, 0.2) is 52.1 Å². The summed E-state index contributed by atoms with van der Waals surface area (Å²) in [7, 11) is 0. The molecule has 0 bridgehead atoms. The van der Waals surface area contributed by atoms with Crippen molar-refractivity contribution in [2.45, 2.75) is 38.3 Å². The number of allylic oxidation sites excluding steroid dienone is 1. The summed E-state index contributed by atoms with van der Waals surface area (Å²) in [5, 5.41) is 17.8. The Bertz CT molecular complexity index is 1010. The number of carbonyl (C=O) groups is 1. The van der Waals surface area contributed by atoms with Gasteiger partial charge in [0.2, 0.25) is 0 Å². The van der Waals surface area contributed by atoms with Crippen molar-refractivity contribution in [3.05, 3.63) is 59.2 Å². The van der Waals surface area contributed by atoms with Crippen molar-refractivity contribution in [2.24, 2.45) is 10.1 Å². The van der Waals surface area contributed by atoms with E-state index < -0.39 is 17.7 Å². The number of urea groups is 1. The zero-order valence-electron chi connectivity index (χ0n) is 17.8. The van der Waals surface area contributed by atoms with Crippen LogP contribution in [0.4, 0.5) is 13.6 Å². The molecule has 1 aromatic rings. The van der Waals surface area contributed by atoms with Gasteiger partial charge in [-0.2, -0.15) is 5.10 Å². The van der Waals surface area contributed by atoms with Crippen molar-refractivity contribution in [2.75, 3.05) is 19.6 Å². The highest BCUT2D eigenvalue weighted by molar-refractivity contribution is 5.95. The minimum absolute atomic E-state index is 0.279. The molecule has 0 spiro atoms. The molecule has 3 aliphatic rings. The van der Waals surface area contributed by atoms with Gasteiger partial charge in [0, 0.05) is 38.1 Å². The van der Waals surface area contributed by atoms with Gasteiger partial charge in [-0.3, -0.25) is 0 Å². The molecule has 32 heavy (non-hydrogen) atoms. The Kier molecular flexibility index (Phi) is 6.22. The first-order chi connectivity index (χ1) is 15.4. The van der Waals surface area contributed by atoms with Crippen LogP contribution in [0.5, 0.6) is 0 Å². The zero-order valence-corrected chi connectivity index (χ0v) is 17.8. The molecule has 0 aromatic heterocycles. The summed E-state index contributed by atoms with van der Waals surface area (Å²) in [6.07, 6.45) is 4.90. The summed E-state index contributed by atoms with van der Waals surface area (Å²) in [6.45, 7) is 6.64. The van der Waals surface area contributed by atoms with Gasteiger partial charge in [0.05, 0.1) is 17.8 Å². The summed E-state index contributed by atoms with van der Waals surface area (Å²) in [6, 6.07) is 2.80. The molecule has 8 nitrogen and oxygen atoms in total. The Balaban J connectivity index is 1.60. The van der Waals surface area contributed by atoms with E-state index in [1.54, 1.807) is 19.2 Å². The number of carbonyl (C=O) groups excluding carboxylic acids is 1. The minimum atomic E-state index is -0.516. The van der Waals surface area contributed by atoms with Crippen molar-refractivity contribution in [3.63, 3.8) is 0 Å². The van der Waals surface area contributed by atoms with E-state index in [0.717, 1.165) is 18.6 Å². The first kappa shape index (κ1) is 21.9. The quantitative estimate of drug-likeness (QED) is 0.703. The van der Waals surface area contributed by atoms with Crippen molar-refractivity contribution in [1.29, 1.82) is 0 Å². The van der Waals surface area contributed by atoms with Crippen LogP contribution < -0.4 is 5.32 Å². The van der Waals surface area contributed by atoms with Crippen LogP contribution in [0.1, 0.15) is 37.8 Å². The number of halogens is 2. The summed E-state index contributed by atoms with van der Waals surface area (Å²) in [4.78, 5) is 20.7. The van der Waals surface area contributed by atoms with Crippen molar-refractivity contribution in [1.82, 2.24) is 20.1 Å². The van der Waals surface area contributed by atoms with E-state index >= 15 is 0 Å². The smallest absolute Gasteiger partial charge is 0.321 e. The second kappa shape index (κ2) is 9.07. The van der Waals surface area contributed by atoms with E-state index in [1.807, 2.05) is 4.90 Å². The van der Waals surface area contributed by atoms with Crippen LogP contribution in [0.3, 0.4) is 0 Å². The second-order valence-corrected chi connectivity index (χ2v) is 8.06. The Hall–Kier alpha value is -3.27. The number of nitrogens with one attached hydrogen (secondary N) is 1. The van der Waals surface area contributed by atoms with E-state index in [1.165, 1.54) is 16.0 Å². The minimum Gasteiger partial charge on any atom is -0.391 e. The van der Waals surface area contributed by atoms with E-state index in [9.17, 15) is 18.7 Å². The van der Waals surface area contributed by atoms with E-state index in [4.69, 9.17) is 0 Å². The van der Waals surface area contributed by atoms with Gasteiger partial charge in [-0.15, -0.1) is 0 Å². The lowest BCUT2D eigenvalue weighted by atomic mass is 10.0. The van der Waals surface area contributed by atoms with Gasteiger partial charge < -0.3 is 20.2 Å². The highest BCUT2D eigenvalue weighted by atomic mass is 19.1. The molecule has 2 fully saturated rings. The van der Waals surface area contributed by atoms with Crippen molar-refractivity contribution >= 4 is 18.6 Å². The summed E-state index contributed by atoms with van der Waals surface area (Å²) in [5.74, 6) is -0.000112. The van der Waals surface area contributed by atoms with Crippen LogP contribution in [-0.2, 0) is 0 Å². The molecule has 3 heterocycles. The maximum atomic E-state index is 14.4. The molecular weight excluding hydrogens is 418 g/mol. The first-order valence-electron chi connectivity index (χ1n) is 10.6. The van der Waals surface area contributed by atoms with Gasteiger partial charge in [0.1, 0.15) is 17.5 Å². The SMILES string of the molecule is C=NN1C=CC(N2CCC[C@@H]2c2cc(F)ccc2F)=N/C1=C(/C)NC(=O)N1CC[C@H](O)C1. The molecule has 2 saturated heterocycles. The number of hydrazone groups is 1. The molecule has 2 amide bonds.